The summed E-state index contributed by atoms with van der Waals surface area (Å²) in [6.45, 7) is 1.96. The summed E-state index contributed by atoms with van der Waals surface area (Å²) >= 11 is 0. The van der Waals surface area contributed by atoms with Crippen LogP contribution >= 0.6 is 0 Å². The molecule has 0 atom stereocenters. The van der Waals surface area contributed by atoms with Crippen LogP contribution in [0.25, 0.3) is 10.9 Å². The first kappa shape index (κ1) is 7.98. The quantitative estimate of drug-likeness (QED) is 0.662. The van der Waals surface area contributed by atoms with Crippen LogP contribution in [0.2, 0.25) is 0 Å². The van der Waals surface area contributed by atoms with Gasteiger partial charge >= 0.3 is 0 Å². The molecule has 2 aromatic rings. The molecule has 3 heteroatoms. The predicted molar refractivity (Wildman–Crippen MR) is 50.8 cm³/mol. The Balaban J connectivity index is 2.66. The number of aromatic nitrogens is 2. The van der Waals surface area contributed by atoms with E-state index in [1.54, 1.807) is 13.3 Å². The summed E-state index contributed by atoms with van der Waals surface area (Å²) in [5.41, 5.74) is 1.87. The smallest absolute Gasteiger partial charge is 0.213 e. The van der Waals surface area contributed by atoms with Crippen molar-refractivity contribution < 1.29 is 4.74 Å². The monoisotopic (exact) mass is 174 g/mol. The van der Waals surface area contributed by atoms with E-state index in [1.165, 1.54) is 0 Å². The maximum absolute atomic E-state index is 5.01. The van der Waals surface area contributed by atoms with Crippen molar-refractivity contribution >= 4 is 10.9 Å². The Kier molecular flexibility index (Phi) is 1.85. The molecule has 0 aliphatic heterocycles. The molecule has 2 rings (SSSR count). The fourth-order valence-corrected chi connectivity index (χ4v) is 1.23. The van der Waals surface area contributed by atoms with Crippen LogP contribution in [0.15, 0.2) is 24.4 Å². The van der Waals surface area contributed by atoms with Crippen molar-refractivity contribution in [1.29, 1.82) is 0 Å². The fraction of sp³-hybridized carbons (Fsp3) is 0.200. The van der Waals surface area contributed by atoms with Gasteiger partial charge in [-0.1, -0.05) is 0 Å². The molecule has 0 fully saturated rings. The van der Waals surface area contributed by atoms with E-state index in [0.29, 0.717) is 5.88 Å². The van der Waals surface area contributed by atoms with Crippen molar-refractivity contribution in [3.8, 4) is 5.88 Å². The Morgan fingerprint density at radius 1 is 1.31 bits per heavy atom. The summed E-state index contributed by atoms with van der Waals surface area (Å²) in [5, 5.41) is 1.09. The normalized spacial score (nSPS) is 10.3. The highest BCUT2D eigenvalue weighted by Gasteiger charge is 1.97. The zero-order chi connectivity index (χ0) is 9.26. The molecule has 0 aliphatic carbocycles. The Hall–Kier alpha value is -1.64. The van der Waals surface area contributed by atoms with Gasteiger partial charge in [-0.3, -0.25) is 4.98 Å². The summed E-state index contributed by atoms with van der Waals surface area (Å²) in [6.07, 6.45) is 1.76. The van der Waals surface area contributed by atoms with Gasteiger partial charge in [-0.05, 0) is 19.1 Å². The van der Waals surface area contributed by atoms with Gasteiger partial charge in [0, 0.05) is 17.1 Å². The molecular formula is C10H10N2O. The lowest BCUT2D eigenvalue weighted by Crippen LogP contribution is -1.89. The molecule has 0 N–H and O–H groups in total. The average Bonchev–Trinajstić information content (AvgIpc) is 2.17. The van der Waals surface area contributed by atoms with E-state index in [1.807, 2.05) is 25.1 Å². The van der Waals surface area contributed by atoms with Crippen molar-refractivity contribution in [3.63, 3.8) is 0 Å². The van der Waals surface area contributed by atoms with E-state index in [0.717, 1.165) is 16.6 Å². The first-order valence-electron chi connectivity index (χ1n) is 4.07. The van der Waals surface area contributed by atoms with E-state index in [2.05, 4.69) is 9.97 Å². The first-order chi connectivity index (χ1) is 6.29. The van der Waals surface area contributed by atoms with Crippen LogP contribution in [0.5, 0.6) is 5.88 Å². The van der Waals surface area contributed by atoms with E-state index in [4.69, 9.17) is 4.74 Å². The zero-order valence-electron chi connectivity index (χ0n) is 7.61. The molecular weight excluding hydrogens is 164 g/mol. The molecule has 0 spiro atoms. The number of nitrogens with zero attached hydrogens (tertiary/aromatic N) is 2. The molecule has 0 saturated carbocycles. The second-order valence-electron chi connectivity index (χ2n) is 2.87. The minimum Gasteiger partial charge on any atom is -0.481 e. The SMILES string of the molecule is COc1ccc2cc(C)ncc2n1. The lowest BCUT2D eigenvalue weighted by atomic mass is 10.2. The van der Waals surface area contributed by atoms with Gasteiger partial charge in [-0.25, -0.2) is 4.98 Å². The highest BCUT2D eigenvalue weighted by molar-refractivity contribution is 5.78. The molecule has 0 amide bonds. The van der Waals surface area contributed by atoms with Gasteiger partial charge in [0.15, 0.2) is 0 Å². The lowest BCUT2D eigenvalue weighted by Gasteiger charge is -2.01. The predicted octanol–water partition coefficient (Wildman–Crippen LogP) is 1.95. The molecule has 0 saturated heterocycles. The molecule has 13 heavy (non-hydrogen) atoms. The average molecular weight is 174 g/mol. The summed E-state index contributed by atoms with van der Waals surface area (Å²) in [4.78, 5) is 8.41. The second-order valence-corrected chi connectivity index (χ2v) is 2.87. The van der Waals surface area contributed by atoms with Crippen LogP contribution in [-0.4, -0.2) is 17.1 Å². The largest absolute Gasteiger partial charge is 0.481 e. The van der Waals surface area contributed by atoms with Gasteiger partial charge in [0.05, 0.1) is 18.8 Å². The number of rotatable bonds is 1. The minimum atomic E-state index is 0.623. The molecule has 0 aromatic carbocycles. The van der Waals surface area contributed by atoms with Crippen LogP contribution in [0.3, 0.4) is 0 Å². The van der Waals surface area contributed by atoms with Gasteiger partial charge in [-0.2, -0.15) is 0 Å². The maximum Gasteiger partial charge on any atom is 0.213 e. The van der Waals surface area contributed by atoms with E-state index in [-0.39, 0.29) is 0 Å². The molecule has 0 bridgehead atoms. The number of hydrogen-bond acceptors (Lipinski definition) is 3. The topological polar surface area (TPSA) is 35.0 Å². The van der Waals surface area contributed by atoms with Crippen LogP contribution < -0.4 is 4.74 Å². The molecule has 3 nitrogen and oxygen atoms in total. The Morgan fingerprint density at radius 2 is 2.15 bits per heavy atom. The second kappa shape index (κ2) is 3.01. The summed E-state index contributed by atoms with van der Waals surface area (Å²) in [5.74, 6) is 0.623. The van der Waals surface area contributed by atoms with Crippen molar-refractivity contribution in [3.05, 3.63) is 30.1 Å². The number of methoxy groups -OCH3 is 1. The van der Waals surface area contributed by atoms with Crippen molar-refractivity contribution in [1.82, 2.24) is 9.97 Å². The Morgan fingerprint density at radius 3 is 2.92 bits per heavy atom. The van der Waals surface area contributed by atoms with Crippen LogP contribution in [-0.2, 0) is 0 Å². The molecule has 2 aromatic heterocycles. The van der Waals surface area contributed by atoms with E-state index in [9.17, 15) is 0 Å². The first-order valence-corrected chi connectivity index (χ1v) is 4.07. The van der Waals surface area contributed by atoms with Crippen LogP contribution in [0, 0.1) is 6.92 Å². The summed E-state index contributed by atoms with van der Waals surface area (Å²) in [7, 11) is 1.61. The van der Waals surface area contributed by atoms with Crippen molar-refractivity contribution in [2.24, 2.45) is 0 Å². The summed E-state index contributed by atoms with van der Waals surface area (Å²) < 4.78 is 5.01. The maximum atomic E-state index is 5.01. The van der Waals surface area contributed by atoms with Crippen LogP contribution in [0.1, 0.15) is 5.69 Å². The summed E-state index contributed by atoms with van der Waals surface area (Å²) in [6, 6.07) is 5.83. The lowest BCUT2D eigenvalue weighted by molar-refractivity contribution is 0.399. The number of aryl methyl sites for hydroxylation is 1. The van der Waals surface area contributed by atoms with Gasteiger partial charge in [0.2, 0.25) is 5.88 Å². The number of hydrogen-bond donors (Lipinski definition) is 0. The molecule has 2 heterocycles. The fourth-order valence-electron chi connectivity index (χ4n) is 1.23. The van der Waals surface area contributed by atoms with E-state index < -0.39 is 0 Å². The van der Waals surface area contributed by atoms with E-state index >= 15 is 0 Å². The van der Waals surface area contributed by atoms with Crippen molar-refractivity contribution in [2.75, 3.05) is 7.11 Å². The molecule has 0 radical (unpaired) electrons. The number of fused-ring (bicyclic) bond motifs is 1. The number of pyridine rings is 2. The standard InChI is InChI=1S/C10H10N2O/c1-7-5-8-3-4-10(13-2)12-9(8)6-11-7/h3-6H,1-2H3. The Bertz CT molecular complexity index is 440. The Labute approximate surface area is 76.4 Å². The van der Waals surface area contributed by atoms with Crippen molar-refractivity contribution in [2.45, 2.75) is 6.92 Å². The zero-order valence-corrected chi connectivity index (χ0v) is 7.61. The van der Waals surface area contributed by atoms with Gasteiger partial charge in [0.1, 0.15) is 0 Å². The van der Waals surface area contributed by atoms with Gasteiger partial charge in [-0.15, -0.1) is 0 Å². The minimum absolute atomic E-state index is 0.623. The van der Waals surface area contributed by atoms with Gasteiger partial charge < -0.3 is 4.74 Å². The molecule has 66 valence electrons. The third-order valence-electron chi connectivity index (χ3n) is 1.90. The van der Waals surface area contributed by atoms with Gasteiger partial charge in [0.25, 0.3) is 0 Å². The molecule has 0 unspecified atom stereocenters. The van der Waals surface area contributed by atoms with Crippen LogP contribution in [0.4, 0.5) is 0 Å². The molecule has 0 aliphatic rings. The number of ether oxygens (including phenoxy) is 1. The highest BCUT2D eigenvalue weighted by atomic mass is 16.5. The third-order valence-corrected chi connectivity index (χ3v) is 1.90. The third kappa shape index (κ3) is 1.45. The highest BCUT2D eigenvalue weighted by Crippen LogP contribution is 2.15.